The first-order valence-electron chi connectivity index (χ1n) is 11.9. The quantitative estimate of drug-likeness (QED) is 0.367. The van der Waals surface area contributed by atoms with E-state index in [1.807, 2.05) is 38.2 Å². The third kappa shape index (κ3) is 5.84. The number of fused-ring (bicyclic) bond motifs is 1. The molecule has 2 unspecified atom stereocenters. The van der Waals surface area contributed by atoms with Gasteiger partial charge in [0.15, 0.2) is 0 Å². The summed E-state index contributed by atoms with van der Waals surface area (Å²) in [6, 6.07) is 12.6. The first kappa shape index (κ1) is 24.8. The lowest BCUT2D eigenvalue weighted by Gasteiger charge is -2.28. The summed E-state index contributed by atoms with van der Waals surface area (Å²) in [6.45, 7) is 3.95. The number of carboxylic acids is 1. The van der Waals surface area contributed by atoms with Gasteiger partial charge in [0.2, 0.25) is 0 Å². The number of benzene rings is 2. The molecular formula is C28H29F3N2O2. The molecule has 3 aromatic rings. The third-order valence-corrected chi connectivity index (χ3v) is 6.51. The van der Waals surface area contributed by atoms with Gasteiger partial charge in [-0.2, -0.15) is 13.2 Å². The second-order valence-corrected chi connectivity index (χ2v) is 9.60. The van der Waals surface area contributed by atoms with Gasteiger partial charge in [-0.3, -0.25) is 9.78 Å². The van der Waals surface area contributed by atoms with Crippen LogP contribution in [0.3, 0.4) is 0 Å². The molecule has 0 fully saturated rings. The smallest absolute Gasteiger partial charge is 0.416 e. The predicted molar refractivity (Wildman–Crippen MR) is 130 cm³/mol. The molecule has 35 heavy (non-hydrogen) atoms. The Morgan fingerprint density at radius 2 is 1.86 bits per heavy atom. The minimum absolute atomic E-state index is 0.0471. The van der Waals surface area contributed by atoms with Crippen molar-refractivity contribution in [1.29, 1.82) is 0 Å². The molecule has 4 nitrogen and oxygen atoms in total. The maximum atomic E-state index is 13.1. The van der Waals surface area contributed by atoms with Crippen molar-refractivity contribution in [3.63, 3.8) is 0 Å². The molecule has 7 heteroatoms. The van der Waals surface area contributed by atoms with Crippen LogP contribution in [0.25, 0.3) is 11.1 Å². The number of halogens is 3. The number of alkyl halides is 3. The van der Waals surface area contributed by atoms with Crippen LogP contribution in [0.5, 0.6) is 0 Å². The second kappa shape index (κ2) is 10.1. The van der Waals surface area contributed by atoms with Crippen LogP contribution in [0.1, 0.15) is 67.3 Å². The summed E-state index contributed by atoms with van der Waals surface area (Å²) in [5.41, 5.74) is 4.32. The lowest BCUT2D eigenvalue weighted by Crippen LogP contribution is -2.18. The van der Waals surface area contributed by atoms with Crippen LogP contribution in [-0.4, -0.2) is 16.1 Å². The van der Waals surface area contributed by atoms with Gasteiger partial charge in [0, 0.05) is 18.1 Å². The van der Waals surface area contributed by atoms with Crippen molar-refractivity contribution in [2.75, 3.05) is 5.32 Å². The number of hydrogen-bond acceptors (Lipinski definition) is 3. The number of carboxylic acid groups (broad SMARTS) is 1. The molecule has 0 saturated heterocycles. The molecular weight excluding hydrogens is 453 g/mol. The molecule has 0 spiro atoms. The topological polar surface area (TPSA) is 62.2 Å². The van der Waals surface area contributed by atoms with Gasteiger partial charge in [-0.1, -0.05) is 32.0 Å². The fourth-order valence-corrected chi connectivity index (χ4v) is 4.80. The maximum Gasteiger partial charge on any atom is 0.416 e. The maximum absolute atomic E-state index is 13.1. The van der Waals surface area contributed by atoms with Gasteiger partial charge in [-0.25, -0.2) is 0 Å². The lowest BCUT2D eigenvalue weighted by atomic mass is 9.87. The van der Waals surface area contributed by atoms with Crippen LogP contribution in [0, 0.1) is 5.92 Å². The van der Waals surface area contributed by atoms with Crippen LogP contribution < -0.4 is 5.32 Å². The fraction of sp³-hybridized carbons (Fsp3) is 0.357. The Hall–Kier alpha value is -3.35. The molecule has 0 bridgehead atoms. The zero-order chi connectivity index (χ0) is 25.2. The molecule has 1 aromatic heterocycles. The summed E-state index contributed by atoms with van der Waals surface area (Å²) >= 11 is 0. The third-order valence-electron chi connectivity index (χ3n) is 6.51. The highest BCUT2D eigenvalue weighted by Gasteiger charge is 2.30. The van der Waals surface area contributed by atoms with Gasteiger partial charge in [0.25, 0.3) is 0 Å². The van der Waals surface area contributed by atoms with Gasteiger partial charge in [-0.05, 0) is 89.8 Å². The summed E-state index contributed by atoms with van der Waals surface area (Å²) in [6.07, 6.45) is 2.60. The summed E-state index contributed by atoms with van der Waals surface area (Å²) in [4.78, 5) is 16.4. The highest BCUT2D eigenvalue weighted by molar-refractivity contribution is 5.79. The van der Waals surface area contributed by atoms with Crippen molar-refractivity contribution in [1.82, 2.24) is 4.98 Å². The predicted octanol–water partition coefficient (Wildman–Crippen LogP) is 7.47. The molecule has 1 aliphatic rings. The Morgan fingerprint density at radius 1 is 1.11 bits per heavy atom. The molecule has 0 amide bonds. The summed E-state index contributed by atoms with van der Waals surface area (Å²) in [5, 5.41) is 13.5. The number of rotatable bonds is 7. The molecule has 4 rings (SSSR count). The lowest BCUT2D eigenvalue weighted by molar-refractivity contribution is -0.139. The number of nitrogens with zero attached hydrogens (tertiary/aromatic N) is 1. The van der Waals surface area contributed by atoms with E-state index >= 15 is 0 Å². The van der Waals surface area contributed by atoms with Gasteiger partial charge in [0.1, 0.15) is 0 Å². The molecule has 0 radical (unpaired) electrons. The van der Waals surface area contributed by atoms with Gasteiger partial charge < -0.3 is 10.4 Å². The number of aryl methyl sites for hydroxylation is 1. The van der Waals surface area contributed by atoms with Crippen molar-refractivity contribution < 1.29 is 23.1 Å². The van der Waals surface area contributed by atoms with Gasteiger partial charge in [0.05, 0.1) is 17.5 Å². The number of carbonyl (C=O) groups is 1. The van der Waals surface area contributed by atoms with Crippen LogP contribution in [0.4, 0.5) is 18.9 Å². The largest absolute Gasteiger partial charge is 0.481 e. The molecule has 0 saturated carbocycles. The normalized spacial score (nSPS) is 16.6. The monoisotopic (exact) mass is 482 g/mol. The minimum atomic E-state index is -4.41. The highest BCUT2D eigenvalue weighted by Crippen LogP contribution is 2.37. The molecule has 1 aliphatic carbocycles. The van der Waals surface area contributed by atoms with Gasteiger partial charge >= 0.3 is 12.1 Å². The van der Waals surface area contributed by atoms with E-state index in [0.29, 0.717) is 23.1 Å². The Kier molecular flexibility index (Phi) is 7.15. The SMILES string of the molecule is CC(C)CC(C(=O)O)c1cc(NC2CCCc3cnccc32)cc(-c2ccc(C(F)(F)F)cc2)c1. The summed E-state index contributed by atoms with van der Waals surface area (Å²) in [5.74, 6) is -1.46. The average molecular weight is 483 g/mol. The summed E-state index contributed by atoms with van der Waals surface area (Å²) < 4.78 is 39.2. The first-order chi connectivity index (χ1) is 16.6. The van der Waals surface area contributed by atoms with E-state index in [2.05, 4.69) is 10.3 Å². The minimum Gasteiger partial charge on any atom is -0.481 e. The van der Waals surface area contributed by atoms with Crippen molar-refractivity contribution in [3.8, 4) is 11.1 Å². The zero-order valence-electron chi connectivity index (χ0n) is 19.8. The average Bonchev–Trinajstić information content (AvgIpc) is 2.82. The van der Waals surface area contributed by atoms with E-state index in [1.165, 1.54) is 23.3 Å². The number of nitrogens with one attached hydrogen (secondary N) is 1. The molecule has 184 valence electrons. The van der Waals surface area contributed by atoms with E-state index in [0.717, 1.165) is 37.1 Å². The van der Waals surface area contributed by atoms with Gasteiger partial charge in [-0.15, -0.1) is 0 Å². The molecule has 0 aliphatic heterocycles. The Bertz CT molecular complexity index is 1190. The number of hydrogen-bond donors (Lipinski definition) is 2. The number of anilines is 1. The molecule has 2 N–H and O–H groups in total. The number of aliphatic carboxylic acids is 1. The van der Waals surface area contributed by atoms with Crippen LogP contribution >= 0.6 is 0 Å². The number of aromatic nitrogens is 1. The Morgan fingerprint density at radius 3 is 2.51 bits per heavy atom. The standard InChI is InChI=1S/C28H29F3N2O2/c1-17(2)12-25(27(34)35)21-13-20(18-6-8-22(9-7-18)28(29,30)31)14-23(15-21)33-26-5-3-4-19-16-32-11-10-24(19)26/h6-11,13-17,25-26,33H,3-5,12H2,1-2H3,(H,34,35). The van der Waals surface area contributed by atoms with E-state index in [-0.39, 0.29) is 12.0 Å². The van der Waals surface area contributed by atoms with Crippen LogP contribution in [0.2, 0.25) is 0 Å². The molecule has 2 atom stereocenters. The molecule has 2 aromatic carbocycles. The molecule has 1 heterocycles. The van der Waals surface area contributed by atoms with Crippen LogP contribution in [0.15, 0.2) is 60.9 Å². The zero-order valence-corrected chi connectivity index (χ0v) is 19.8. The van der Waals surface area contributed by atoms with E-state index in [9.17, 15) is 23.1 Å². The Balaban J connectivity index is 1.75. The van der Waals surface area contributed by atoms with Crippen LogP contribution in [-0.2, 0) is 17.4 Å². The van der Waals surface area contributed by atoms with Crippen molar-refractivity contribution in [3.05, 3.63) is 83.2 Å². The fourth-order valence-electron chi connectivity index (χ4n) is 4.80. The Labute approximate surface area is 203 Å². The van der Waals surface area contributed by atoms with Crippen molar-refractivity contribution in [2.45, 2.75) is 57.7 Å². The summed E-state index contributed by atoms with van der Waals surface area (Å²) in [7, 11) is 0. The van der Waals surface area contributed by atoms with Crippen molar-refractivity contribution >= 4 is 11.7 Å². The van der Waals surface area contributed by atoms with E-state index < -0.39 is 23.6 Å². The van der Waals surface area contributed by atoms with E-state index in [1.54, 1.807) is 12.3 Å². The first-order valence-corrected chi connectivity index (χ1v) is 11.9. The van der Waals surface area contributed by atoms with Crippen molar-refractivity contribution in [2.24, 2.45) is 5.92 Å². The number of pyridine rings is 1. The second-order valence-electron chi connectivity index (χ2n) is 9.60. The highest BCUT2D eigenvalue weighted by atomic mass is 19.4. The van der Waals surface area contributed by atoms with E-state index in [4.69, 9.17) is 0 Å².